The summed E-state index contributed by atoms with van der Waals surface area (Å²) in [6, 6.07) is 0.902. The fourth-order valence-electron chi connectivity index (χ4n) is 2.62. The molecule has 0 N–H and O–H groups in total. The number of rotatable bonds is 2. The summed E-state index contributed by atoms with van der Waals surface area (Å²) in [7, 11) is 0. The van der Waals surface area contributed by atoms with E-state index in [0.717, 1.165) is 6.04 Å². The van der Waals surface area contributed by atoms with Gasteiger partial charge in [0.15, 0.2) is 0 Å². The predicted molar refractivity (Wildman–Crippen MR) is 55.4 cm³/mol. The van der Waals surface area contributed by atoms with Gasteiger partial charge in [-0.1, -0.05) is 0 Å². The van der Waals surface area contributed by atoms with Crippen LogP contribution < -0.4 is 0 Å². The second-order valence-corrected chi connectivity index (χ2v) is 4.27. The van der Waals surface area contributed by atoms with Crippen LogP contribution in [0.2, 0.25) is 0 Å². The molecule has 75 valence electrons. The smallest absolute Gasteiger partial charge is 0.0220 e. The molecule has 2 aliphatic heterocycles. The zero-order chi connectivity index (χ0) is 9.10. The van der Waals surface area contributed by atoms with Gasteiger partial charge in [0.25, 0.3) is 0 Å². The Balaban J connectivity index is 1.77. The van der Waals surface area contributed by atoms with Crippen LogP contribution in [0, 0.1) is 6.54 Å². The molecule has 0 aliphatic carbocycles. The van der Waals surface area contributed by atoms with Gasteiger partial charge in [0.2, 0.25) is 0 Å². The normalized spacial score (nSPS) is 28.4. The minimum atomic E-state index is 0.902. The molecule has 0 saturated carbocycles. The molecular formula is C11H21N2. The van der Waals surface area contributed by atoms with Crippen LogP contribution in [0.25, 0.3) is 0 Å². The molecule has 0 bridgehead atoms. The largest absolute Gasteiger partial charge is 0.300 e. The van der Waals surface area contributed by atoms with Crippen molar-refractivity contribution in [2.45, 2.75) is 38.6 Å². The summed E-state index contributed by atoms with van der Waals surface area (Å²) in [6.45, 7) is 9.66. The Morgan fingerprint density at radius 3 is 2.15 bits per heavy atom. The van der Waals surface area contributed by atoms with Crippen molar-refractivity contribution in [1.82, 2.24) is 9.80 Å². The minimum Gasteiger partial charge on any atom is -0.300 e. The van der Waals surface area contributed by atoms with Crippen molar-refractivity contribution >= 4 is 0 Å². The van der Waals surface area contributed by atoms with Crippen molar-refractivity contribution in [1.29, 1.82) is 0 Å². The number of hydrogen-bond donors (Lipinski definition) is 0. The first kappa shape index (κ1) is 9.47. The molecule has 2 nitrogen and oxygen atoms in total. The minimum absolute atomic E-state index is 0.902. The summed E-state index contributed by atoms with van der Waals surface area (Å²) >= 11 is 0. The Hall–Kier alpha value is -0.0800. The first-order valence-corrected chi connectivity index (χ1v) is 5.68. The maximum Gasteiger partial charge on any atom is 0.0220 e. The highest BCUT2D eigenvalue weighted by molar-refractivity contribution is 4.83. The van der Waals surface area contributed by atoms with Crippen LogP contribution in [-0.4, -0.2) is 42.0 Å². The van der Waals surface area contributed by atoms with Crippen LogP contribution in [0.3, 0.4) is 0 Å². The lowest BCUT2D eigenvalue weighted by atomic mass is 10.0. The van der Waals surface area contributed by atoms with E-state index in [1.54, 1.807) is 0 Å². The van der Waals surface area contributed by atoms with E-state index in [1.165, 1.54) is 51.9 Å². The van der Waals surface area contributed by atoms with Crippen molar-refractivity contribution < 1.29 is 0 Å². The van der Waals surface area contributed by atoms with E-state index in [0.29, 0.717) is 0 Å². The van der Waals surface area contributed by atoms with Gasteiger partial charge in [-0.2, -0.15) is 0 Å². The first-order chi connectivity index (χ1) is 6.40. The van der Waals surface area contributed by atoms with E-state index < -0.39 is 0 Å². The van der Waals surface area contributed by atoms with E-state index in [9.17, 15) is 0 Å². The molecule has 0 aromatic carbocycles. The molecule has 2 heterocycles. The van der Waals surface area contributed by atoms with Gasteiger partial charge >= 0.3 is 0 Å². The predicted octanol–water partition coefficient (Wildman–Crippen LogP) is 1.73. The molecular weight excluding hydrogens is 160 g/mol. The summed E-state index contributed by atoms with van der Waals surface area (Å²) < 4.78 is 0. The van der Waals surface area contributed by atoms with Crippen molar-refractivity contribution in [2.24, 2.45) is 0 Å². The molecule has 13 heavy (non-hydrogen) atoms. The van der Waals surface area contributed by atoms with Gasteiger partial charge in [-0.05, 0) is 58.8 Å². The van der Waals surface area contributed by atoms with Crippen LogP contribution in [0.4, 0.5) is 0 Å². The molecule has 0 spiro atoms. The second kappa shape index (κ2) is 4.43. The quantitative estimate of drug-likeness (QED) is 0.640. The Labute approximate surface area is 81.9 Å². The molecule has 2 saturated heterocycles. The molecule has 2 fully saturated rings. The van der Waals surface area contributed by atoms with Crippen LogP contribution in [0.15, 0.2) is 0 Å². The number of likely N-dealkylation sites (tertiary alicyclic amines) is 2. The van der Waals surface area contributed by atoms with Crippen molar-refractivity contribution in [3.63, 3.8) is 0 Å². The van der Waals surface area contributed by atoms with Gasteiger partial charge in [-0.15, -0.1) is 0 Å². The molecule has 0 atom stereocenters. The topological polar surface area (TPSA) is 6.48 Å². The number of piperidine rings is 1. The second-order valence-electron chi connectivity index (χ2n) is 4.27. The third-order valence-electron chi connectivity index (χ3n) is 3.52. The zero-order valence-corrected chi connectivity index (χ0v) is 8.71. The van der Waals surface area contributed by atoms with E-state index >= 15 is 0 Å². The van der Waals surface area contributed by atoms with Gasteiger partial charge in [-0.3, -0.25) is 4.90 Å². The molecule has 0 aromatic heterocycles. The Bertz CT molecular complexity index is 144. The van der Waals surface area contributed by atoms with E-state index in [-0.39, 0.29) is 0 Å². The fraction of sp³-hybridized carbons (Fsp3) is 0.909. The monoisotopic (exact) mass is 181 g/mol. The lowest BCUT2D eigenvalue weighted by Gasteiger charge is -2.35. The molecule has 0 aromatic rings. The maximum atomic E-state index is 2.70. The third-order valence-corrected chi connectivity index (χ3v) is 3.52. The number of nitrogens with zero attached hydrogens (tertiary/aromatic N) is 2. The van der Waals surface area contributed by atoms with Crippen LogP contribution in [-0.2, 0) is 0 Å². The molecule has 2 heteroatoms. The van der Waals surface area contributed by atoms with Crippen molar-refractivity contribution in [2.75, 3.05) is 26.2 Å². The zero-order valence-electron chi connectivity index (χ0n) is 8.71. The summed E-state index contributed by atoms with van der Waals surface area (Å²) in [5.41, 5.74) is 0. The van der Waals surface area contributed by atoms with Crippen LogP contribution in [0.1, 0.15) is 32.6 Å². The van der Waals surface area contributed by atoms with Gasteiger partial charge in [0.1, 0.15) is 0 Å². The molecule has 2 rings (SSSR count). The van der Waals surface area contributed by atoms with E-state index in [4.69, 9.17) is 0 Å². The summed E-state index contributed by atoms with van der Waals surface area (Å²) in [5, 5.41) is 0. The average molecular weight is 181 g/mol. The molecule has 1 radical (unpaired) electrons. The highest BCUT2D eigenvalue weighted by Gasteiger charge is 2.25. The third kappa shape index (κ3) is 2.23. The SMILES string of the molecule is C[CH]N1CCC(N2CCCC2)CC1. The Morgan fingerprint density at radius 1 is 1.00 bits per heavy atom. The van der Waals surface area contributed by atoms with E-state index in [2.05, 4.69) is 23.3 Å². The van der Waals surface area contributed by atoms with Crippen molar-refractivity contribution in [3.8, 4) is 0 Å². The van der Waals surface area contributed by atoms with Gasteiger partial charge in [0, 0.05) is 12.6 Å². The molecule has 0 unspecified atom stereocenters. The van der Waals surface area contributed by atoms with Crippen molar-refractivity contribution in [3.05, 3.63) is 6.54 Å². The summed E-state index contributed by atoms with van der Waals surface area (Å²) in [5.74, 6) is 0. The van der Waals surface area contributed by atoms with E-state index in [1.807, 2.05) is 0 Å². The van der Waals surface area contributed by atoms with Crippen LogP contribution >= 0.6 is 0 Å². The molecule has 0 amide bonds. The Morgan fingerprint density at radius 2 is 1.62 bits per heavy atom. The van der Waals surface area contributed by atoms with Gasteiger partial charge in [-0.25, -0.2) is 0 Å². The van der Waals surface area contributed by atoms with Gasteiger partial charge < -0.3 is 4.90 Å². The molecule has 2 aliphatic rings. The number of hydrogen-bond acceptors (Lipinski definition) is 2. The fourth-order valence-corrected chi connectivity index (χ4v) is 2.62. The highest BCUT2D eigenvalue weighted by Crippen LogP contribution is 2.21. The van der Waals surface area contributed by atoms with Crippen LogP contribution in [0.5, 0.6) is 0 Å². The average Bonchev–Trinajstić information content (AvgIpc) is 2.71. The van der Waals surface area contributed by atoms with Gasteiger partial charge in [0.05, 0.1) is 0 Å². The first-order valence-electron chi connectivity index (χ1n) is 5.68. The highest BCUT2D eigenvalue weighted by atomic mass is 15.2. The summed E-state index contributed by atoms with van der Waals surface area (Å²) in [6.07, 6.45) is 5.62. The Kier molecular flexibility index (Phi) is 3.23. The lowest BCUT2D eigenvalue weighted by molar-refractivity contribution is 0.145. The lowest BCUT2D eigenvalue weighted by Crippen LogP contribution is -2.42. The standard InChI is InChI=1S/C11H21N2/c1-2-12-9-5-11(6-10-12)13-7-3-4-8-13/h2,11H,3-10H2,1H3. The summed E-state index contributed by atoms with van der Waals surface area (Å²) in [4.78, 5) is 5.15. The maximum absolute atomic E-state index is 2.70.